The first kappa shape index (κ1) is 19.7. The molecule has 0 atom stereocenters. The van der Waals surface area contributed by atoms with Crippen molar-refractivity contribution < 1.29 is 23.2 Å². The summed E-state index contributed by atoms with van der Waals surface area (Å²) in [7, 11) is -2.32. The van der Waals surface area contributed by atoms with Crippen molar-refractivity contribution in [3.05, 3.63) is 24.3 Å². The second kappa shape index (κ2) is 9.17. The molecule has 1 aliphatic rings. The SMILES string of the molecule is COc1ccc(S(=O)(=O)N(CCC2CCCCC2)CC(=O)NO)cc1. The smallest absolute Gasteiger partial charge is 0.258 e. The highest BCUT2D eigenvalue weighted by molar-refractivity contribution is 7.89. The number of nitrogens with one attached hydrogen (secondary N) is 1. The van der Waals surface area contributed by atoms with E-state index in [9.17, 15) is 13.2 Å². The van der Waals surface area contributed by atoms with E-state index in [1.54, 1.807) is 12.1 Å². The first-order chi connectivity index (χ1) is 12.0. The van der Waals surface area contributed by atoms with Gasteiger partial charge >= 0.3 is 0 Å². The summed E-state index contributed by atoms with van der Waals surface area (Å²) in [6, 6.07) is 6.05. The summed E-state index contributed by atoms with van der Waals surface area (Å²) in [5.74, 6) is 0.293. The Morgan fingerprint density at radius 2 is 1.88 bits per heavy atom. The Balaban J connectivity index is 2.14. The lowest BCUT2D eigenvalue weighted by Crippen LogP contribution is -2.40. The fraction of sp³-hybridized carbons (Fsp3) is 0.588. The van der Waals surface area contributed by atoms with Crippen molar-refractivity contribution in [2.75, 3.05) is 20.2 Å². The van der Waals surface area contributed by atoms with E-state index >= 15 is 0 Å². The van der Waals surface area contributed by atoms with Crippen LogP contribution < -0.4 is 10.2 Å². The highest BCUT2D eigenvalue weighted by Crippen LogP contribution is 2.27. The number of methoxy groups -OCH3 is 1. The quantitative estimate of drug-likeness (QED) is 0.540. The van der Waals surface area contributed by atoms with Gasteiger partial charge in [0.05, 0.1) is 18.6 Å². The van der Waals surface area contributed by atoms with E-state index in [1.165, 1.54) is 44.0 Å². The van der Waals surface area contributed by atoms with Crippen molar-refractivity contribution in [2.24, 2.45) is 5.92 Å². The summed E-state index contributed by atoms with van der Waals surface area (Å²) in [6.45, 7) is -0.149. The molecule has 2 N–H and O–H groups in total. The maximum atomic E-state index is 12.9. The van der Waals surface area contributed by atoms with Crippen molar-refractivity contribution in [3.63, 3.8) is 0 Å². The molecule has 140 valence electrons. The lowest BCUT2D eigenvalue weighted by atomic mass is 9.87. The van der Waals surface area contributed by atoms with E-state index in [4.69, 9.17) is 9.94 Å². The molecule has 0 radical (unpaired) electrons. The molecule has 1 amide bonds. The maximum absolute atomic E-state index is 12.9. The molecule has 1 aliphatic carbocycles. The number of rotatable bonds is 8. The number of sulfonamides is 1. The summed E-state index contributed by atoms with van der Waals surface area (Å²) in [5, 5.41) is 8.77. The average molecular weight is 370 g/mol. The standard InChI is InChI=1S/C17H26N2O5S/c1-24-15-7-9-16(10-8-15)25(22,23)19(13-17(20)18-21)12-11-14-5-3-2-4-6-14/h7-10,14,21H,2-6,11-13H2,1H3,(H,18,20). The lowest BCUT2D eigenvalue weighted by molar-refractivity contribution is -0.129. The zero-order valence-corrected chi connectivity index (χ0v) is 15.3. The van der Waals surface area contributed by atoms with Crippen molar-refractivity contribution in [3.8, 4) is 5.75 Å². The van der Waals surface area contributed by atoms with Gasteiger partial charge in [-0.3, -0.25) is 10.0 Å². The van der Waals surface area contributed by atoms with Crippen molar-refractivity contribution in [1.29, 1.82) is 0 Å². The van der Waals surface area contributed by atoms with Gasteiger partial charge in [-0.15, -0.1) is 0 Å². The fourth-order valence-electron chi connectivity index (χ4n) is 3.18. The zero-order chi connectivity index (χ0) is 18.3. The Morgan fingerprint density at radius 1 is 1.24 bits per heavy atom. The second-order valence-electron chi connectivity index (χ2n) is 6.34. The monoisotopic (exact) mass is 370 g/mol. The molecule has 25 heavy (non-hydrogen) atoms. The van der Waals surface area contributed by atoms with Crippen molar-refractivity contribution in [1.82, 2.24) is 9.79 Å². The van der Waals surface area contributed by atoms with E-state index in [0.717, 1.165) is 17.1 Å². The van der Waals surface area contributed by atoms with Crippen LogP contribution in [0.2, 0.25) is 0 Å². The van der Waals surface area contributed by atoms with Gasteiger partial charge in [-0.1, -0.05) is 32.1 Å². The largest absolute Gasteiger partial charge is 0.497 e. The molecule has 0 bridgehead atoms. The van der Waals surface area contributed by atoms with E-state index < -0.39 is 22.5 Å². The van der Waals surface area contributed by atoms with Crippen LogP contribution in [0, 0.1) is 5.92 Å². The average Bonchev–Trinajstić information content (AvgIpc) is 2.65. The van der Waals surface area contributed by atoms with Gasteiger partial charge in [-0.2, -0.15) is 4.31 Å². The molecule has 0 unspecified atom stereocenters. The second-order valence-corrected chi connectivity index (χ2v) is 8.28. The van der Waals surface area contributed by atoms with Crippen LogP contribution in [0.5, 0.6) is 5.75 Å². The van der Waals surface area contributed by atoms with Gasteiger partial charge in [-0.05, 0) is 36.6 Å². The number of carbonyl (C=O) groups excluding carboxylic acids is 1. The Labute approximate surface area is 149 Å². The lowest BCUT2D eigenvalue weighted by Gasteiger charge is -2.26. The summed E-state index contributed by atoms with van der Waals surface area (Å²) in [6.07, 6.45) is 6.50. The molecular weight excluding hydrogens is 344 g/mol. The van der Waals surface area contributed by atoms with Gasteiger partial charge in [0.15, 0.2) is 0 Å². The highest BCUT2D eigenvalue weighted by Gasteiger charge is 2.27. The minimum absolute atomic E-state index is 0.0997. The minimum Gasteiger partial charge on any atom is -0.497 e. The summed E-state index contributed by atoms with van der Waals surface area (Å²) in [4.78, 5) is 11.7. The third-order valence-electron chi connectivity index (χ3n) is 4.65. The summed E-state index contributed by atoms with van der Waals surface area (Å²) < 4.78 is 31.9. The summed E-state index contributed by atoms with van der Waals surface area (Å²) >= 11 is 0. The van der Waals surface area contributed by atoms with Crippen LogP contribution >= 0.6 is 0 Å². The van der Waals surface area contributed by atoms with E-state index in [2.05, 4.69) is 0 Å². The molecule has 0 aromatic heterocycles. The van der Waals surface area contributed by atoms with Crippen LogP contribution in [0.4, 0.5) is 0 Å². The number of ether oxygens (including phenoxy) is 1. The third kappa shape index (κ3) is 5.42. The number of hydrogen-bond acceptors (Lipinski definition) is 5. The van der Waals surface area contributed by atoms with Gasteiger partial charge < -0.3 is 4.74 Å². The maximum Gasteiger partial charge on any atom is 0.258 e. The third-order valence-corrected chi connectivity index (χ3v) is 6.51. The van der Waals surface area contributed by atoms with Crippen molar-refractivity contribution in [2.45, 2.75) is 43.4 Å². The zero-order valence-electron chi connectivity index (χ0n) is 14.5. The number of carbonyl (C=O) groups is 1. The van der Waals surface area contributed by atoms with Crippen molar-refractivity contribution >= 4 is 15.9 Å². The Morgan fingerprint density at radius 3 is 2.44 bits per heavy atom. The number of amides is 1. The molecule has 1 aromatic rings. The minimum atomic E-state index is -3.83. The molecule has 0 aliphatic heterocycles. The van der Waals surface area contributed by atoms with Crippen LogP contribution in [0.3, 0.4) is 0 Å². The van der Waals surface area contributed by atoms with Crippen LogP contribution in [0.15, 0.2) is 29.2 Å². The van der Waals surface area contributed by atoms with Crippen LogP contribution in [-0.4, -0.2) is 44.0 Å². The van der Waals surface area contributed by atoms with Gasteiger partial charge in [0.25, 0.3) is 5.91 Å². The molecule has 7 nitrogen and oxygen atoms in total. The van der Waals surface area contributed by atoms with Crippen LogP contribution in [0.1, 0.15) is 38.5 Å². The molecule has 0 heterocycles. The van der Waals surface area contributed by atoms with Gasteiger partial charge in [0.2, 0.25) is 10.0 Å². The van der Waals surface area contributed by atoms with E-state index in [-0.39, 0.29) is 11.4 Å². The topological polar surface area (TPSA) is 95.9 Å². The number of hydrogen-bond donors (Lipinski definition) is 2. The van der Waals surface area contributed by atoms with Crippen LogP contribution in [-0.2, 0) is 14.8 Å². The van der Waals surface area contributed by atoms with Crippen LogP contribution in [0.25, 0.3) is 0 Å². The predicted molar refractivity (Wildman–Crippen MR) is 92.9 cm³/mol. The molecule has 1 aromatic carbocycles. The van der Waals surface area contributed by atoms with Gasteiger partial charge in [-0.25, -0.2) is 13.9 Å². The number of nitrogens with zero attached hydrogens (tertiary/aromatic N) is 1. The first-order valence-electron chi connectivity index (χ1n) is 8.54. The normalized spacial score (nSPS) is 16.0. The Bertz CT molecular complexity index is 654. The number of benzene rings is 1. The molecule has 2 rings (SSSR count). The Hall–Kier alpha value is -1.64. The molecular formula is C17H26N2O5S. The Kier molecular flexibility index (Phi) is 7.22. The number of hydroxylamine groups is 1. The predicted octanol–water partition coefficient (Wildman–Crippen LogP) is 2.16. The van der Waals surface area contributed by atoms with E-state index in [1.807, 2.05) is 0 Å². The highest BCUT2D eigenvalue weighted by atomic mass is 32.2. The molecule has 1 fully saturated rings. The molecule has 1 saturated carbocycles. The van der Waals surface area contributed by atoms with Gasteiger partial charge in [0, 0.05) is 6.54 Å². The molecule has 8 heteroatoms. The van der Waals surface area contributed by atoms with Gasteiger partial charge in [0.1, 0.15) is 5.75 Å². The summed E-state index contributed by atoms with van der Waals surface area (Å²) in [5.41, 5.74) is 1.51. The molecule has 0 saturated heterocycles. The molecule has 0 spiro atoms. The first-order valence-corrected chi connectivity index (χ1v) is 9.98. The fourth-order valence-corrected chi connectivity index (χ4v) is 4.59. The van der Waals surface area contributed by atoms with E-state index in [0.29, 0.717) is 18.1 Å².